The van der Waals surface area contributed by atoms with Crippen LogP contribution in [-0.2, 0) is 13.1 Å². The molecule has 0 aliphatic heterocycles. The van der Waals surface area contributed by atoms with Crippen molar-refractivity contribution in [3.8, 4) is 17.6 Å². The molecular weight excluding hydrogens is 328 g/mol. The van der Waals surface area contributed by atoms with Crippen molar-refractivity contribution in [1.82, 2.24) is 10.2 Å². The molecule has 0 atom stereocenters. The second-order valence-corrected chi connectivity index (χ2v) is 5.74. The first-order valence-electron chi connectivity index (χ1n) is 8.23. The van der Waals surface area contributed by atoms with Gasteiger partial charge in [-0.2, -0.15) is 5.26 Å². The molecule has 0 aliphatic carbocycles. The molecule has 6 heteroatoms. The fraction of sp³-hybridized carbons (Fsp3) is 0.300. The van der Waals surface area contributed by atoms with Crippen LogP contribution in [0.2, 0.25) is 0 Å². The van der Waals surface area contributed by atoms with E-state index in [1.165, 1.54) is 0 Å². The lowest BCUT2D eigenvalue weighted by atomic mass is 10.1. The third kappa shape index (κ3) is 4.90. The lowest BCUT2D eigenvalue weighted by Crippen LogP contribution is -2.38. The molecule has 0 spiro atoms. The van der Waals surface area contributed by atoms with Crippen molar-refractivity contribution >= 4 is 5.96 Å². The van der Waals surface area contributed by atoms with Crippen LogP contribution in [0.5, 0.6) is 11.5 Å². The molecule has 0 unspecified atom stereocenters. The molecule has 6 nitrogen and oxygen atoms in total. The van der Waals surface area contributed by atoms with Crippen molar-refractivity contribution in [1.29, 1.82) is 5.26 Å². The summed E-state index contributed by atoms with van der Waals surface area (Å²) in [4.78, 5) is 6.36. The number of nitriles is 1. The molecule has 0 heterocycles. The first-order chi connectivity index (χ1) is 12.6. The van der Waals surface area contributed by atoms with Gasteiger partial charge in [0.05, 0.1) is 25.9 Å². The van der Waals surface area contributed by atoms with Crippen LogP contribution in [0.25, 0.3) is 0 Å². The summed E-state index contributed by atoms with van der Waals surface area (Å²) in [7, 11) is 7.01. The van der Waals surface area contributed by atoms with Gasteiger partial charge in [0.25, 0.3) is 0 Å². The zero-order chi connectivity index (χ0) is 18.9. The average Bonchev–Trinajstić information content (AvgIpc) is 2.69. The zero-order valence-corrected chi connectivity index (χ0v) is 15.6. The van der Waals surface area contributed by atoms with Gasteiger partial charge in [-0.25, -0.2) is 0 Å². The molecule has 1 N–H and O–H groups in total. The van der Waals surface area contributed by atoms with Gasteiger partial charge in [-0.05, 0) is 29.8 Å². The topological polar surface area (TPSA) is 69.9 Å². The maximum absolute atomic E-state index is 8.86. The maximum Gasteiger partial charge on any atom is 0.193 e. The monoisotopic (exact) mass is 352 g/mol. The number of guanidine groups is 1. The Morgan fingerprint density at radius 2 is 1.88 bits per heavy atom. The van der Waals surface area contributed by atoms with Crippen molar-refractivity contribution in [2.45, 2.75) is 13.1 Å². The van der Waals surface area contributed by atoms with Gasteiger partial charge in [0, 0.05) is 38.8 Å². The van der Waals surface area contributed by atoms with Crippen LogP contribution in [0, 0.1) is 11.3 Å². The molecule has 0 aliphatic rings. The van der Waals surface area contributed by atoms with Crippen LogP contribution < -0.4 is 14.8 Å². The normalized spacial score (nSPS) is 10.8. The Bertz CT molecular complexity index is 794. The molecule has 2 aromatic rings. The summed E-state index contributed by atoms with van der Waals surface area (Å²) in [6.07, 6.45) is 0. The van der Waals surface area contributed by atoms with E-state index in [-0.39, 0.29) is 0 Å². The van der Waals surface area contributed by atoms with Gasteiger partial charge in [-0.15, -0.1) is 0 Å². The van der Waals surface area contributed by atoms with Crippen molar-refractivity contribution in [2.24, 2.45) is 4.99 Å². The first kappa shape index (κ1) is 19.1. The molecule has 0 saturated carbocycles. The Morgan fingerprint density at radius 3 is 2.46 bits per heavy atom. The molecule has 0 saturated heterocycles. The first-order valence-corrected chi connectivity index (χ1v) is 8.23. The molecular formula is C20H24N4O2. The minimum Gasteiger partial charge on any atom is -0.497 e. The van der Waals surface area contributed by atoms with Crippen LogP contribution in [0.4, 0.5) is 0 Å². The molecule has 0 bridgehead atoms. The van der Waals surface area contributed by atoms with Gasteiger partial charge in [-0.1, -0.05) is 12.1 Å². The lowest BCUT2D eigenvalue weighted by Gasteiger charge is -2.23. The highest BCUT2D eigenvalue weighted by atomic mass is 16.5. The SMILES string of the molecule is CN=C(NCc1ccc(C#N)cc1)N(C)Cc1ccc(OC)cc1OC. The van der Waals surface area contributed by atoms with Crippen LogP contribution in [0.3, 0.4) is 0 Å². The molecule has 0 radical (unpaired) electrons. The van der Waals surface area contributed by atoms with E-state index in [1.54, 1.807) is 21.3 Å². The zero-order valence-electron chi connectivity index (χ0n) is 15.6. The second kappa shape index (κ2) is 9.33. The summed E-state index contributed by atoms with van der Waals surface area (Å²) < 4.78 is 10.7. The van der Waals surface area contributed by atoms with E-state index in [1.807, 2.05) is 54.4 Å². The highest BCUT2D eigenvalue weighted by molar-refractivity contribution is 5.79. The highest BCUT2D eigenvalue weighted by Gasteiger charge is 2.11. The van der Waals surface area contributed by atoms with Crippen LogP contribution in [0.15, 0.2) is 47.5 Å². The fourth-order valence-corrected chi connectivity index (χ4v) is 2.58. The Hall–Kier alpha value is -3.20. The van der Waals surface area contributed by atoms with Crippen molar-refractivity contribution in [2.75, 3.05) is 28.3 Å². The molecule has 136 valence electrons. The summed E-state index contributed by atoms with van der Waals surface area (Å²) in [5.41, 5.74) is 2.78. The lowest BCUT2D eigenvalue weighted by molar-refractivity contribution is 0.382. The van der Waals surface area contributed by atoms with E-state index in [9.17, 15) is 0 Å². The third-order valence-corrected chi connectivity index (χ3v) is 4.01. The van der Waals surface area contributed by atoms with E-state index < -0.39 is 0 Å². The molecule has 2 rings (SSSR count). The number of rotatable bonds is 6. The van der Waals surface area contributed by atoms with Gasteiger partial charge in [-0.3, -0.25) is 4.99 Å². The smallest absolute Gasteiger partial charge is 0.193 e. The standard InChI is InChI=1S/C20H24N4O2/c1-22-20(23-13-16-7-5-15(12-21)6-8-16)24(2)14-17-9-10-18(25-3)11-19(17)26-4/h5-11H,13-14H2,1-4H3,(H,22,23). The number of nitrogens with zero attached hydrogens (tertiary/aromatic N) is 3. The number of nitrogens with one attached hydrogen (secondary N) is 1. The Kier molecular flexibility index (Phi) is 6.86. The summed E-state index contributed by atoms with van der Waals surface area (Å²) >= 11 is 0. The maximum atomic E-state index is 8.86. The number of hydrogen-bond acceptors (Lipinski definition) is 4. The van der Waals surface area contributed by atoms with Crippen LogP contribution in [-0.4, -0.2) is 39.2 Å². The number of aliphatic imine (C=N–C) groups is 1. The van der Waals surface area contributed by atoms with Gasteiger partial charge >= 0.3 is 0 Å². The molecule has 2 aromatic carbocycles. The third-order valence-electron chi connectivity index (χ3n) is 4.01. The van der Waals surface area contributed by atoms with E-state index >= 15 is 0 Å². The fourth-order valence-electron chi connectivity index (χ4n) is 2.58. The van der Waals surface area contributed by atoms with Crippen molar-refractivity contribution < 1.29 is 9.47 Å². The van der Waals surface area contributed by atoms with Crippen LogP contribution >= 0.6 is 0 Å². The van der Waals surface area contributed by atoms with Crippen molar-refractivity contribution in [3.63, 3.8) is 0 Å². The molecule has 0 amide bonds. The predicted octanol–water partition coefficient (Wildman–Crippen LogP) is 2.78. The number of hydrogen-bond donors (Lipinski definition) is 1. The Morgan fingerprint density at radius 1 is 1.15 bits per heavy atom. The summed E-state index contributed by atoms with van der Waals surface area (Å²) in [5, 5.41) is 12.2. The predicted molar refractivity (Wildman–Crippen MR) is 102 cm³/mol. The van der Waals surface area contributed by atoms with Gasteiger partial charge in [0.15, 0.2) is 5.96 Å². The molecule has 26 heavy (non-hydrogen) atoms. The average molecular weight is 352 g/mol. The van der Waals surface area contributed by atoms with E-state index in [0.717, 1.165) is 28.6 Å². The Balaban J connectivity index is 2.02. The van der Waals surface area contributed by atoms with E-state index in [4.69, 9.17) is 14.7 Å². The number of methoxy groups -OCH3 is 2. The highest BCUT2D eigenvalue weighted by Crippen LogP contribution is 2.25. The Labute approximate surface area is 154 Å². The second-order valence-electron chi connectivity index (χ2n) is 5.74. The quantitative estimate of drug-likeness (QED) is 0.639. The molecule has 0 fully saturated rings. The summed E-state index contributed by atoms with van der Waals surface area (Å²) in [5.74, 6) is 2.31. The van der Waals surface area contributed by atoms with E-state index in [0.29, 0.717) is 18.7 Å². The van der Waals surface area contributed by atoms with Crippen LogP contribution in [0.1, 0.15) is 16.7 Å². The minimum atomic E-state index is 0.627. The molecule has 0 aromatic heterocycles. The summed E-state index contributed by atoms with van der Waals surface area (Å²) in [6.45, 7) is 1.27. The minimum absolute atomic E-state index is 0.627. The summed E-state index contributed by atoms with van der Waals surface area (Å²) in [6, 6.07) is 15.4. The van der Waals surface area contributed by atoms with Gasteiger partial charge in [0.2, 0.25) is 0 Å². The number of benzene rings is 2. The number of ether oxygens (including phenoxy) is 2. The van der Waals surface area contributed by atoms with Gasteiger partial charge in [0.1, 0.15) is 11.5 Å². The van der Waals surface area contributed by atoms with Gasteiger partial charge < -0.3 is 19.7 Å². The van der Waals surface area contributed by atoms with E-state index in [2.05, 4.69) is 16.4 Å². The van der Waals surface area contributed by atoms with Crippen molar-refractivity contribution in [3.05, 3.63) is 59.2 Å². The largest absolute Gasteiger partial charge is 0.497 e.